The van der Waals surface area contributed by atoms with E-state index in [2.05, 4.69) is 56.6 Å². The first kappa shape index (κ1) is 22.4. The fourth-order valence-electron chi connectivity index (χ4n) is 3.86. The van der Waals surface area contributed by atoms with Gasteiger partial charge in [0.25, 0.3) is 0 Å². The van der Waals surface area contributed by atoms with E-state index in [1.807, 2.05) is 30.5 Å². The van der Waals surface area contributed by atoms with Crippen LogP contribution in [0.1, 0.15) is 41.7 Å². The molecule has 0 saturated heterocycles. The maximum atomic E-state index is 11.9. The monoisotopic (exact) mass is 495 g/mol. The minimum Gasteiger partial charge on any atom is -0.469 e. The second-order valence-corrected chi connectivity index (χ2v) is 8.90. The molecule has 1 aliphatic heterocycles. The number of carbonyl (C=O) groups is 1. The largest absolute Gasteiger partial charge is 0.469 e. The number of esters is 1. The number of ether oxygens (including phenoxy) is 1. The maximum absolute atomic E-state index is 11.9. The van der Waals surface area contributed by atoms with Crippen LogP contribution in [0.5, 0.6) is 0 Å². The van der Waals surface area contributed by atoms with E-state index in [1.54, 1.807) is 6.20 Å². The number of benzene rings is 1. The third-order valence-electron chi connectivity index (χ3n) is 5.47. The van der Waals surface area contributed by atoms with Gasteiger partial charge in [0.1, 0.15) is 11.9 Å². The van der Waals surface area contributed by atoms with Gasteiger partial charge in [0.15, 0.2) is 0 Å². The van der Waals surface area contributed by atoms with Crippen LogP contribution < -0.4 is 0 Å². The molecule has 32 heavy (non-hydrogen) atoms. The Balaban J connectivity index is 1.90. The summed E-state index contributed by atoms with van der Waals surface area (Å²) in [4.78, 5) is 28.6. The number of hydrogen-bond acceptors (Lipinski definition) is 6. The van der Waals surface area contributed by atoms with E-state index >= 15 is 0 Å². The summed E-state index contributed by atoms with van der Waals surface area (Å²) in [6.45, 7) is 0.901. The predicted octanol–water partition coefficient (Wildman–Crippen LogP) is 3.98. The lowest BCUT2D eigenvalue weighted by molar-refractivity contribution is -0.140. The fourth-order valence-corrected chi connectivity index (χ4v) is 4.23. The van der Waals surface area contributed by atoms with Gasteiger partial charge in [-0.2, -0.15) is 0 Å². The zero-order chi connectivity index (χ0) is 22.7. The first-order valence-electron chi connectivity index (χ1n) is 10.6. The summed E-state index contributed by atoms with van der Waals surface area (Å²) in [6.07, 6.45) is 5.31. The van der Waals surface area contributed by atoms with E-state index in [0.29, 0.717) is 6.42 Å². The Kier molecular flexibility index (Phi) is 6.81. The average molecular weight is 496 g/mol. The molecule has 3 heterocycles. The number of carbonyl (C=O) groups excluding carboxylic acids is 1. The van der Waals surface area contributed by atoms with Gasteiger partial charge in [-0.05, 0) is 50.8 Å². The zero-order valence-corrected chi connectivity index (χ0v) is 20.0. The molecule has 0 unspecified atom stereocenters. The summed E-state index contributed by atoms with van der Waals surface area (Å²) in [5, 5.41) is 0. The lowest BCUT2D eigenvalue weighted by Crippen LogP contribution is -2.17. The SMILES string of the molecule is COC(=O)CC[C@@H]1N=C(c2ccccn2)c2cc(Br)ccc2-n2c(CCN(C)C)cnc21. The topological polar surface area (TPSA) is 72.6 Å². The molecule has 0 aliphatic carbocycles. The number of fused-ring (bicyclic) bond motifs is 3. The summed E-state index contributed by atoms with van der Waals surface area (Å²) >= 11 is 3.62. The number of nitrogens with zero attached hydrogens (tertiary/aromatic N) is 5. The predicted molar refractivity (Wildman–Crippen MR) is 127 cm³/mol. The molecule has 3 aromatic rings. The van der Waals surface area contributed by atoms with Crippen LogP contribution in [0.2, 0.25) is 0 Å². The Bertz CT molecular complexity index is 1140. The second kappa shape index (κ2) is 9.75. The van der Waals surface area contributed by atoms with Crippen molar-refractivity contribution in [3.05, 3.63) is 76.0 Å². The molecule has 8 heteroatoms. The van der Waals surface area contributed by atoms with Gasteiger partial charge in [-0.3, -0.25) is 19.3 Å². The molecule has 0 saturated carbocycles. The molecule has 0 fully saturated rings. The second-order valence-electron chi connectivity index (χ2n) is 7.98. The van der Waals surface area contributed by atoms with Gasteiger partial charge in [0.05, 0.1) is 24.2 Å². The highest BCUT2D eigenvalue weighted by molar-refractivity contribution is 9.10. The van der Waals surface area contributed by atoms with Gasteiger partial charge in [-0.15, -0.1) is 0 Å². The quantitative estimate of drug-likeness (QED) is 0.463. The summed E-state index contributed by atoms with van der Waals surface area (Å²) in [5.41, 5.74) is 4.68. The Labute approximate surface area is 196 Å². The molecule has 0 amide bonds. The molecule has 166 valence electrons. The Morgan fingerprint density at radius 1 is 1.22 bits per heavy atom. The van der Waals surface area contributed by atoms with Crippen LogP contribution in [-0.2, 0) is 16.0 Å². The van der Waals surface area contributed by atoms with Crippen molar-refractivity contribution < 1.29 is 9.53 Å². The molecule has 4 rings (SSSR count). The molecule has 0 spiro atoms. The van der Waals surface area contributed by atoms with Crippen LogP contribution in [0.3, 0.4) is 0 Å². The third-order valence-corrected chi connectivity index (χ3v) is 5.97. The Morgan fingerprint density at radius 3 is 2.78 bits per heavy atom. The van der Waals surface area contributed by atoms with Crippen molar-refractivity contribution in [3.63, 3.8) is 0 Å². The fraction of sp³-hybridized carbons (Fsp3) is 0.333. The van der Waals surface area contributed by atoms with Crippen molar-refractivity contribution in [1.82, 2.24) is 19.4 Å². The molecule has 1 atom stereocenters. The molecule has 7 nitrogen and oxygen atoms in total. The number of rotatable bonds is 7. The van der Waals surface area contributed by atoms with E-state index < -0.39 is 0 Å². The normalized spacial score (nSPS) is 15.0. The summed E-state index contributed by atoms with van der Waals surface area (Å²) < 4.78 is 8.04. The van der Waals surface area contributed by atoms with Crippen molar-refractivity contribution in [2.75, 3.05) is 27.7 Å². The molecule has 2 aromatic heterocycles. The van der Waals surface area contributed by atoms with Crippen molar-refractivity contribution in [1.29, 1.82) is 0 Å². The summed E-state index contributed by atoms with van der Waals surface area (Å²) in [6, 6.07) is 11.7. The number of hydrogen-bond donors (Lipinski definition) is 0. The van der Waals surface area contributed by atoms with E-state index in [-0.39, 0.29) is 18.4 Å². The van der Waals surface area contributed by atoms with Crippen molar-refractivity contribution in [2.24, 2.45) is 4.99 Å². The molecule has 1 aliphatic rings. The van der Waals surface area contributed by atoms with Crippen LogP contribution in [-0.4, -0.2) is 58.9 Å². The smallest absolute Gasteiger partial charge is 0.305 e. The van der Waals surface area contributed by atoms with Crippen molar-refractivity contribution in [3.8, 4) is 5.69 Å². The lowest BCUT2D eigenvalue weighted by Gasteiger charge is -2.17. The van der Waals surface area contributed by atoms with E-state index in [0.717, 1.165) is 51.6 Å². The lowest BCUT2D eigenvalue weighted by atomic mass is 10.0. The number of likely N-dealkylation sites (N-methyl/N-ethyl adjacent to an activating group) is 1. The van der Waals surface area contributed by atoms with E-state index in [9.17, 15) is 4.79 Å². The summed E-state index contributed by atoms with van der Waals surface area (Å²) in [7, 11) is 5.53. The molecular formula is C24H26BrN5O2. The van der Waals surface area contributed by atoms with Crippen molar-refractivity contribution >= 4 is 27.6 Å². The van der Waals surface area contributed by atoms with Crippen LogP contribution in [0.15, 0.2) is 58.3 Å². The van der Waals surface area contributed by atoms with Gasteiger partial charge in [0, 0.05) is 47.5 Å². The average Bonchev–Trinajstić information content (AvgIpc) is 3.16. The van der Waals surface area contributed by atoms with Gasteiger partial charge in [0.2, 0.25) is 0 Å². The first-order valence-corrected chi connectivity index (χ1v) is 11.3. The highest BCUT2D eigenvalue weighted by Gasteiger charge is 2.29. The minimum atomic E-state index is -0.301. The molecule has 0 radical (unpaired) electrons. The number of pyridine rings is 1. The van der Waals surface area contributed by atoms with Gasteiger partial charge in [-0.25, -0.2) is 4.98 Å². The Morgan fingerprint density at radius 2 is 2.06 bits per heavy atom. The molecule has 0 N–H and O–H groups in total. The van der Waals surface area contributed by atoms with Gasteiger partial charge >= 0.3 is 5.97 Å². The standard InChI is InChI=1S/C24H26BrN5O2/c1-29(2)13-11-17-15-27-24-20(8-10-22(31)32-3)28-23(19-6-4-5-12-26-19)18-14-16(25)7-9-21(18)30(17)24/h4-7,9,12,14-15,20H,8,10-11,13H2,1-3H3/t20-/m0/s1. The van der Waals surface area contributed by atoms with Gasteiger partial charge < -0.3 is 9.64 Å². The number of imidazole rings is 1. The third kappa shape index (κ3) is 4.66. The molecular weight excluding hydrogens is 470 g/mol. The highest BCUT2D eigenvalue weighted by Crippen LogP contribution is 2.35. The summed E-state index contributed by atoms with van der Waals surface area (Å²) in [5.74, 6) is 0.576. The van der Waals surface area contributed by atoms with Crippen LogP contribution in [0, 0.1) is 0 Å². The Hall–Kier alpha value is -2.84. The molecule has 0 bridgehead atoms. The van der Waals surface area contributed by atoms with Crippen LogP contribution in [0.25, 0.3) is 5.69 Å². The maximum Gasteiger partial charge on any atom is 0.305 e. The minimum absolute atomic E-state index is 0.255. The van der Waals surface area contributed by atoms with Crippen LogP contribution >= 0.6 is 15.9 Å². The molecule has 1 aromatic carbocycles. The van der Waals surface area contributed by atoms with Crippen molar-refractivity contribution in [2.45, 2.75) is 25.3 Å². The number of halogens is 1. The van der Waals surface area contributed by atoms with Gasteiger partial charge in [-0.1, -0.05) is 22.0 Å². The van der Waals surface area contributed by atoms with E-state index in [4.69, 9.17) is 14.7 Å². The zero-order valence-electron chi connectivity index (χ0n) is 18.5. The van der Waals surface area contributed by atoms with E-state index in [1.165, 1.54) is 7.11 Å². The van der Waals surface area contributed by atoms with Crippen LogP contribution in [0.4, 0.5) is 0 Å². The number of methoxy groups -OCH3 is 1. The number of aliphatic imine (C=N–C) groups is 1. The first-order chi connectivity index (χ1) is 15.5. The highest BCUT2D eigenvalue weighted by atomic mass is 79.9. The number of aromatic nitrogens is 3.